The minimum atomic E-state index is -4.20. The van der Waals surface area contributed by atoms with Crippen LogP contribution in [-0.2, 0) is 26.2 Å². The molecule has 0 saturated carbocycles. The Morgan fingerprint density at radius 3 is 2.29 bits per heavy atom. The molecule has 0 aliphatic heterocycles. The first kappa shape index (κ1) is 32.9. The highest BCUT2D eigenvalue weighted by Crippen LogP contribution is 2.32. The summed E-state index contributed by atoms with van der Waals surface area (Å²) in [5.41, 5.74) is 2.92. The monoisotopic (exact) mass is 613 g/mol. The van der Waals surface area contributed by atoms with Gasteiger partial charge in [-0.25, -0.2) is 8.42 Å². The number of benzene rings is 3. The number of rotatable bonds is 14. The average molecular weight is 614 g/mol. The summed E-state index contributed by atoms with van der Waals surface area (Å²) in [4.78, 5) is 29.0. The fourth-order valence-electron chi connectivity index (χ4n) is 4.57. The molecule has 0 aromatic heterocycles. The number of unbranched alkanes of at least 4 members (excludes halogenated alkanes) is 1. The van der Waals surface area contributed by atoms with Gasteiger partial charge in [-0.2, -0.15) is 0 Å². The van der Waals surface area contributed by atoms with Crippen molar-refractivity contribution in [3.8, 4) is 5.75 Å². The van der Waals surface area contributed by atoms with Crippen molar-refractivity contribution < 1.29 is 22.7 Å². The fraction of sp³-hybridized carbons (Fsp3) is 0.375. The molecule has 1 unspecified atom stereocenters. The Bertz CT molecular complexity index is 1480. The smallest absolute Gasteiger partial charge is 0.264 e. The standard InChI is InChI=1S/C32H40ClN3O5S/c1-6-8-19-34-32(38)29(7-2)35(21-25-12-10-9-11-24(25)4)31(37)22-36(26-15-18-30(41-5)28(33)20-26)42(39,40)27-16-13-23(3)14-17-27/h9-18,20,29H,6-8,19,21-22H2,1-5H3,(H,34,38). The highest BCUT2D eigenvalue weighted by molar-refractivity contribution is 7.92. The van der Waals surface area contributed by atoms with Gasteiger partial charge in [-0.3, -0.25) is 13.9 Å². The Hall–Kier alpha value is -3.56. The molecule has 0 bridgehead atoms. The number of nitrogens with one attached hydrogen (secondary N) is 1. The minimum Gasteiger partial charge on any atom is -0.495 e. The Kier molecular flexibility index (Phi) is 11.8. The van der Waals surface area contributed by atoms with Gasteiger partial charge in [-0.05, 0) is 68.1 Å². The van der Waals surface area contributed by atoms with Crippen molar-refractivity contribution in [1.29, 1.82) is 0 Å². The summed E-state index contributed by atoms with van der Waals surface area (Å²) in [6.07, 6.45) is 2.09. The summed E-state index contributed by atoms with van der Waals surface area (Å²) in [5.74, 6) is -0.415. The molecule has 2 amide bonds. The second kappa shape index (κ2) is 15.1. The van der Waals surface area contributed by atoms with E-state index in [1.54, 1.807) is 24.3 Å². The van der Waals surface area contributed by atoms with Crippen LogP contribution in [0.4, 0.5) is 5.69 Å². The van der Waals surface area contributed by atoms with Gasteiger partial charge >= 0.3 is 0 Å². The van der Waals surface area contributed by atoms with E-state index in [2.05, 4.69) is 5.32 Å². The van der Waals surface area contributed by atoms with Gasteiger partial charge in [0.2, 0.25) is 11.8 Å². The van der Waals surface area contributed by atoms with Gasteiger partial charge in [0.05, 0.1) is 22.7 Å². The number of hydrogen-bond donors (Lipinski definition) is 1. The number of sulfonamides is 1. The van der Waals surface area contributed by atoms with E-state index in [0.29, 0.717) is 18.7 Å². The summed E-state index contributed by atoms with van der Waals surface area (Å²) < 4.78 is 34.4. The summed E-state index contributed by atoms with van der Waals surface area (Å²) in [7, 11) is -2.74. The van der Waals surface area contributed by atoms with Crippen molar-refractivity contribution in [3.05, 3.63) is 88.4 Å². The van der Waals surface area contributed by atoms with Crippen molar-refractivity contribution in [1.82, 2.24) is 10.2 Å². The molecule has 3 rings (SSSR count). The highest BCUT2D eigenvalue weighted by Gasteiger charge is 2.34. The van der Waals surface area contributed by atoms with E-state index in [1.165, 1.54) is 30.2 Å². The van der Waals surface area contributed by atoms with E-state index in [0.717, 1.165) is 33.8 Å². The number of anilines is 1. The zero-order valence-corrected chi connectivity index (χ0v) is 26.5. The number of ether oxygens (including phenoxy) is 1. The van der Waals surface area contributed by atoms with E-state index in [-0.39, 0.29) is 28.1 Å². The molecule has 3 aromatic rings. The Morgan fingerprint density at radius 2 is 1.69 bits per heavy atom. The largest absolute Gasteiger partial charge is 0.495 e. The number of halogens is 1. The second-order valence-electron chi connectivity index (χ2n) is 10.2. The summed E-state index contributed by atoms with van der Waals surface area (Å²) >= 11 is 6.39. The van der Waals surface area contributed by atoms with Crippen LogP contribution in [0, 0.1) is 13.8 Å². The molecule has 0 radical (unpaired) electrons. The molecular formula is C32H40ClN3O5S. The lowest BCUT2D eigenvalue weighted by molar-refractivity contribution is -0.140. The molecule has 10 heteroatoms. The molecule has 3 aromatic carbocycles. The van der Waals surface area contributed by atoms with Crippen LogP contribution < -0.4 is 14.4 Å². The van der Waals surface area contributed by atoms with Crippen LogP contribution in [0.25, 0.3) is 0 Å². The average Bonchev–Trinajstić information content (AvgIpc) is 2.97. The highest BCUT2D eigenvalue weighted by atomic mass is 35.5. The van der Waals surface area contributed by atoms with E-state index < -0.39 is 28.5 Å². The molecule has 226 valence electrons. The number of amides is 2. The lowest BCUT2D eigenvalue weighted by Gasteiger charge is -2.33. The Labute approximate surface area is 254 Å². The number of carbonyl (C=O) groups excluding carboxylic acids is 2. The van der Waals surface area contributed by atoms with E-state index in [1.807, 2.05) is 52.0 Å². The zero-order chi connectivity index (χ0) is 30.9. The van der Waals surface area contributed by atoms with Crippen LogP contribution in [-0.4, -0.2) is 51.4 Å². The molecule has 0 aliphatic carbocycles. The van der Waals surface area contributed by atoms with Crippen molar-refractivity contribution in [2.75, 3.05) is 24.5 Å². The normalized spacial score (nSPS) is 12.0. The van der Waals surface area contributed by atoms with Crippen molar-refractivity contribution in [2.24, 2.45) is 0 Å². The minimum absolute atomic E-state index is 0.0302. The zero-order valence-electron chi connectivity index (χ0n) is 24.9. The molecular weight excluding hydrogens is 574 g/mol. The van der Waals surface area contributed by atoms with Crippen LogP contribution in [0.15, 0.2) is 71.6 Å². The summed E-state index contributed by atoms with van der Waals surface area (Å²) in [5, 5.41) is 3.14. The molecule has 1 N–H and O–H groups in total. The van der Waals surface area contributed by atoms with Crippen LogP contribution in [0.2, 0.25) is 5.02 Å². The maximum atomic E-state index is 14.2. The number of hydrogen-bond acceptors (Lipinski definition) is 5. The third-order valence-electron chi connectivity index (χ3n) is 7.13. The third kappa shape index (κ3) is 8.04. The molecule has 1 atom stereocenters. The molecule has 0 fully saturated rings. The van der Waals surface area contributed by atoms with Crippen molar-refractivity contribution in [2.45, 2.75) is 64.4 Å². The molecule has 0 heterocycles. The second-order valence-corrected chi connectivity index (χ2v) is 12.4. The first-order valence-corrected chi connectivity index (χ1v) is 15.9. The Morgan fingerprint density at radius 1 is 1.00 bits per heavy atom. The van der Waals surface area contributed by atoms with Crippen LogP contribution in [0.1, 0.15) is 49.8 Å². The van der Waals surface area contributed by atoms with Crippen LogP contribution in [0.5, 0.6) is 5.75 Å². The van der Waals surface area contributed by atoms with E-state index >= 15 is 0 Å². The molecule has 0 aliphatic rings. The first-order valence-electron chi connectivity index (χ1n) is 14.1. The van der Waals surface area contributed by atoms with Gasteiger partial charge in [0.1, 0.15) is 18.3 Å². The van der Waals surface area contributed by atoms with Gasteiger partial charge in [-0.15, -0.1) is 0 Å². The molecule has 42 heavy (non-hydrogen) atoms. The van der Waals surface area contributed by atoms with E-state index in [4.69, 9.17) is 16.3 Å². The molecule has 0 spiro atoms. The van der Waals surface area contributed by atoms with Gasteiger partial charge in [0.25, 0.3) is 10.0 Å². The van der Waals surface area contributed by atoms with Gasteiger partial charge in [0.15, 0.2) is 0 Å². The van der Waals surface area contributed by atoms with Gasteiger partial charge < -0.3 is 15.0 Å². The topological polar surface area (TPSA) is 96.0 Å². The van der Waals surface area contributed by atoms with Crippen LogP contribution in [0.3, 0.4) is 0 Å². The van der Waals surface area contributed by atoms with Gasteiger partial charge in [-0.1, -0.05) is 73.8 Å². The van der Waals surface area contributed by atoms with Crippen molar-refractivity contribution >= 4 is 39.1 Å². The summed E-state index contributed by atoms with van der Waals surface area (Å²) in [6.45, 7) is 7.78. The first-order chi connectivity index (χ1) is 20.0. The summed E-state index contributed by atoms with van der Waals surface area (Å²) in [6, 6.07) is 17.8. The van der Waals surface area contributed by atoms with Gasteiger partial charge in [0, 0.05) is 13.1 Å². The fourth-order valence-corrected chi connectivity index (χ4v) is 6.23. The SMILES string of the molecule is CCCCNC(=O)C(CC)N(Cc1ccccc1C)C(=O)CN(c1ccc(OC)c(Cl)c1)S(=O)(=O)c1ccc(C)cc1. The predicted octanol–water partition coefficient (Wildman–Crippen LogP) is 5.88. The van der Waals surface area contributed by atoms with E-state index in [9.17, 15) is 18.0 Å². The Balaban J connectivity index is 2.08. The van der Waals surface area contributed by atoms with Crippen LogP contribution >= 0.6 is 11.6 Å². The number of aryl methyl sites for hydroxylation is 2. The lowest BCUT2D eigenvalue weighted by Crippen LogP contribution is -2.52. The van der Waals surface area contributed by atoms with Crippen molar-refractivity contribution in [3.63, 3.8) is 0 Å². The maximum absolute atomic E-state index is 14.2. The number of nitrogens with zero attached hydrogens (tertiary/aromatic N) is 2. The third-order valence-corrected chi connectivity index (χ3v) is 9.21. The quantitative estimate of drug-likeness (QED) is 0.229. The maximum Gasteiger partial charge on any atom is 0.264 e. The molecule has 0 saturated heterocycles. The number of methoxy groups -OCH3 is 1. The number of carbonyl (C=O) groups is 2. The lowest BCUT2D eigenvalue weighted by atomic mass is 10.1. The molecule has 8 nitrogen and oxygen atoms in total. The predicted molar refractivity (Wildman–Crippen MR) is 167 cm³/mol.